The molecule has 92 valence electrons. The van der Waals surface area contributed by atoms with Crippen LogP contribution in [0.4, 0.5) is 0 Å². The van der Waals surface area contributed by atoms with E-state index in [0.717, 1.165) is 5.56 Å². The maximum atomic E-state index is 8.74. The molecule has 1 aromatic carbocycles. The van der Waals surface area contributed by atoms with Gasteiger partial charge in [-0.3, -0.25) is 0 Å². The van der Waals surface area contributed by atoms with E-state index in [4.69, 9.17) is 19.5 Å². The summed E-state index contributed by atoms with van der Waals surface area (Å²) in [6, 6.07) is 5.63. The number of nitrogens with zero attached hydrogens (tertiary/aromatic N) is 1. The first-order valence-electron chi connectivity index (χ1n) is 5.40. The third-order valence-electron chi connectivity index (χ3n) is 2.20. The fraction of sp³-hybridized carbons (Fsp3) is 0.462. The van der Waals surface area contributed by atoms with Crippen LogP contribution in [0.25, 0.3) is 0 Å². The SMILES string of the molecule is COc1cc(OC(C)C)c(OC)cc1CC#N. The quantitative estimate of drug-likeness (QED) is 0.787. The Labute approximate surface area is 102 Å². The first kappa shape index (κ1) is 13.2. The highest BCUT2D eigenvalue weighted by Gasteiger charge is 2.13. The van der Waals surface area contributed by atoms with Crippen molar-refractivity contribution in [3.8, 4) is 23.3 Å². The molecular formula is C13H17NO3. The number of hydrogen-bond acceptors (Lipinski definition) is 4. The van der Waals surface area contributed by atoms with Crippen molar-refractivity contribution < 1.29 is 14.2 Å². The van der Waals surface area contributed by atoms with Crippen molar-refractivity contribution in [1.29, 1.82) is 5.26 Å². The minimum absolute atomic E-state index is 0.0513. The molecule has 0 atom stereocenters. The summed E-state index contributed by atoms with van der Waals surface area (Å²) in [5, 5.41) is 8.74. The highest BCUT2D eigenvalue weighted by Crippen LogP contribution is 2.35. The number of rotatable bonds is 5. The Bertz CT molecular complexity index is 421. The molecule has 4 nitrogen and oxygen atoms in total. The summed E-state index contributed by atoms with van der Waals surface area (Å²) >= 11 is 0. The van der Waals surface area contributed by atoms with Gasteiger partial charge in [-0.2, -0.15) is 5.26 Å². The van der Waals surface area contributed by atoms with Crippen molar-refractivity contribution in [2.75, 3.05) is 14.2 Å². The largest absolute Gasteiger partial charge is 0.496 e. The van der Waals surface area contributed by atoms with Crippen molar-refractivity contribution >= 4 is 0 Å². The van der Waals surface area contributed by atoms with Gasteiger partial charge >= 0.3 is 0 Å². The Kier molecular flexibility index (Phi) is 4.65. The van der Waals surface area contributed by atoms with Crippen LogP contribution in [0.3, 0.4) is 0 Å². The third-order valence-corrected chi connectivity index (χ3v) is 2.20. The number of ether oxygens (including phenoxy) is 3. The number of hydrogen-bond donors (Lipinski definition) is 0. The minimum atomic E-state index is 0.0513. The molecule has 0 heterocycles. The zero-order valence-electron chi connectivity index (χ0n) is 10.6. The van der Waals surface area contributed by atoms with Crippen LogP contribution in [0.15, 0.2) is 12.1 Å². The van der Waals surface area contributed by atoms with Crippen molar-refractivity contribution in [1.82, 2.24) is 0 Å². The van der Waals surface area contributed by atoms with Crippen LogP contribution < -0.4 is 14.2 Å². The summed E-state index contributed by atoms with van der Waals surface area (Å²) in [7, 11) is 3.15. The van der Waals surface area contributed by atoms with E-state index in [1.807, 2.05) is 13.8 Å². The van der Waals surface area contributed by atoms with E-state index in [1.54, 1.807) is 26.4 Å². The summed E-state index contributed by atoms with van der Waals surface area (Å²) in [5.74, 6) is 1.88. The van der Waals surface area contributed by atoms with Crippen LogP contribution in [-0.4, -0.2) is 20.3 Å². The smallest absolute Gasteiger partial charge is 0.165 e. The molecule has 0 unspecified atom stereocenters. The molecule has 0 amide bonds. The molecule has 0 fully saturated rings. The van der Waals surface area contributed by atoms with Crippen molar-refractivity contribution in [2.24, 2.45) is 0 Å². The van der Waals surface area contributed by atoms with Gasteiger partial charge in [0.2, 0.25) is 0 Å². The zero-order valence-corrected chi connectivity index (χ0v) is 10.6. The number of methoxy groups -OCH3 is 2. The van der Waals surface area contributed by atoms with Crippen LogP contribution >= 0.6 is 0 Å². The first-order valence-corrected chi connectivity index (χ1v) is 5.40. The molecule has 0 saturated heterocycles. The monoisotopic (exact) mass is 235 g/mol. The van der Waals surface area contributed by atoms with Crippen molar-refractivity contribution in [3.05, 3.63) is 17.7 Å². The van der Waals surface area contributed by atoms with Crippen LogP contribution in [0, 0.1) is 11.3 Å². The van der Waals surface area contributed by atoms with Crippen molar-refractivity contribution in [3.63, 3.8) is 0 Å². The molecule has 0 aliphatic heterocycles. The summed E-state index contributed by atoms with van der Waals surface area (Å²) in [6.07, 6.45) is 0.331. The predicted octanol–water partition coefficient (Wildman–Crippen LogP) is 2.56. The van der Waals surface area contributed by atoms with Gasteiger partial charge in [-0.1, -0.05) is 0 Å². The Morgan fingerprint density at radius 3 is 2.24 bits per heavy atom. The second-order valence-electron chi connectivity index (χ2n) is 3.82. The first-order chi connectivity index (χ1) is 8.12. The molecule has 0 spiro atoms. The molecule has 1 aromatic rings. The van der Waals surface area contributed by atoms with Gasteiger partial charge in [-0.25, -0.2) is 0 Å². The van der Waals surface area contributed by atoms with Gasteiger partial charge in [0.15, 0.2) is 11.5 Å². The van der Waals surface area contributed by atoms with E-state index >= 15 is 0 Å². The van der Waals surface area contributed by atoms with Crippen LogP contribution in [-0.2, 0) is 6.42 Å². The number of nitriles is 1. The summed E-state index contributed by atoms with van der Waals surface area (Å²) in [4.78, 5) is 0. The molecule has 4 heteroatoms. The lowest BCUT2D eigenvalue weighted by Crippen LogP contribution is -2.07. The lowest BCUT2D eigenvalue weighted by Gasteiger charge is -2.16. The van der Waals surface area contributed by atoms with Gasteiger partial charge in [0.05, 0.1) is 32.8 Å². The van der Waals surface area contributed by atoms with Crippen molar-refractivity contribution in [2.45, 2.75) is 26.4 Å². The molecule has 0 aliphatic carbocycles. The van der Waals surface area contributed by atoms with Gasteiger partial charge in [0.25, 0.3) is 0 Å². The van der Waals surface area contributed by atoms with Crippen LogP contribution in [0.5, 0.6) is 17.2 Å². The lowest BCUT2D eigenvalue weighted by atomic mass is 10.1. The van der Waals surface area contributed by atoms with Gasteiger partial charge < -0.3 is 14.2 Å². The van der Waals surface area contributed by atoms with Gasteiger partial charge in [0, 0.05) is 11.6 Å². The molecule has 1 rings (SSSR count). The van der Waals surface area contributed by atoms with Gasteiger partial charge in [-0.05, 0) is 19.9 Å². The Morgan fingerprint density at radius 2 is 1.76 bits per heavy atom. The molecule has 0 saturated carbocycles. The molecule has 0 N–H and O–H groups in total. The summed E-state index contributed by atoms with van der Waals surface area (Å²) in [6.45, 7) is 3.88. The molecule has 0 bridgehead atoms. The second kappa shape index (κ2) is 6.00. The van der Waals surface area contributed by atoms with E-state index in [2.05, 4.69) is 6.07 Å². The van der Waals surface area contributed by atoms with E-state index in [9.17, 15) is 0 Å². The Morgan fingerprint density at radius 1 is 1.12 bits per heavy atom. The van der Waals surface area contributed by atoms with E-state index in [-0.39, 0.29) is 12.5 Å². The molecule has 0 radical (unpaired) electrons. The molecule has 0 aliphatic rings. The molecule has 0 aromatic heterocycles. The fourth-order valence-corrected chi connectivity index (χ4v) is 1.50. The minimum Gasteiger partial charge on any atom is -0.496 e. The highest BCUT2D eigenvalue weighted by molar-refractivity contribution is 5.51. The average Bonchev–Trinajstić information content (AvgIpc) is 2.30. The Hall–Kier alpha value is -1.89. The number of benzene rings is 1. The average molecular weight is 235 g/mol. The molecule has 17 heavy (non-hydrogen) atoms. The molecular weight excluding hydrogens is 218 g/mol. The van der Waals surface area contributed by atoms with E-state index < -0.39 is 0 Å². The standard InChI is InChI=1S/C13H17NO3/c1-9(2)17-13-8-11(15-3)10(5-6-14)7-12(13)16-4/h7-9H,5H2,1-4H3. The van der Waals surface area contributed by atoms with Crippen LogP contribution in [0.1, 0.15) is 19.4 Å². The normalized spacial score (nSPS) is 9.88. The maximum Gasteiger partial charge on any atom is 0.165 e. The second-order valence-corrected chi connectivity index (χ2v) is 3.82. The Balaban J connectivity index is 3.18. The lowest BCUT2D eigenvalue weighted by molar-refractivity contribution is 0.228. The third kappa shape index (κ3) is 3.28. The predicted molar refractivity (Wildman–Crippen MR) is 64.6 cm³/mol. The van der Waals surface area contributed by atoms with Gasteiger partial charge in [-0.15, -0.1) is 0 Å². The fourth-order valence-electron chi connectivity index (χ4n) is 1.50. The van der Waals surface area contributed by atoms with E-state index in [1.165, 1.54) is 0 Å². The summed E-state index contributed by atoms with van der Waals surface area (Å²) in [5.41, 5.74) is 0.794. The van der Waals surface area contributed by atoms with Gasteiger partial charge in [0.1, 0.15) is 5.75 Å². The maximum absolute atomic E-state index is 8.74. The topological polar surface area (TPSA) is 51.5 Å². The highest BCUT2D eigenvalue weighted by atomic mass is 16.5. The van der Waals surface area contributed by atoms with Crippen LogP contribution in [0.2, 0.25) is 0 Å². The summed E-state index contributed by atoms with van der Waals surface area (Å²) < 4.78 is 16.1. The zero-order chi connectivity index (χ0) is 12.8. The van der Waals surface area contributed by atoms with E-state index in [0.29, 0.717) is 17.2 Å².